The van der Waals surface area contributed by atoms with Crippen LogP contribution in [0.2, 0.25) is 0 Å². The first-order valence-electron chi connectivity index (χ1n) is 7.28. The van der Waals surface area contributed by atoms with E-state index in [1.165, 1.54) is 12.8 Å². The number of aryl methyl sites for hydroxylation is 1. The predicted octanol–water partition coefficient (Wildman–Crippen LogP) is 3.76. The van der Waals surface area contributed by atoms with Crippen LogP contribution in [0.4, 0.5) is 0 Å². The Morgan fingerprint density at radius 1 is 1.33 bits per heavy atom. The minimum Gasteiger partial charge on any atom is -0.445 e. The topological polar surface area (TPSA) is 38.1 Å². The van der Waals surface area contributed by atoms with Crippen LogP contribution in [0.25, 0.3) is 0 Å². The molecular weight excluding hydrogens is 224 g/mol. The molecule has 0 fully saturated rings. The molecule has 0 amide bonds. The summed E-state index contributed by atoms with van der Waals surface area (Å²) in [5.74, 6) is 3.14. The Morgan fingerprint density at radius 3 is 2.78 bits per heavy atom. The summed E-state index contributed by atoms with van der Waals surface area (Å²) in [6, 6.07) is 0. The molecule has 1 rings (SSSR count). The van der Waals surface area contributed by atoms with Crippen molar-refractivity contribution in [2.75, 3.05) is 13.1 Å². The Labute approximate surface area is 111 Å². The Balaban J connectivity index is 2.23. The van der Waals surface area contributed by atoms with Crippen LogP contribution >= 0.6 is 0 Å². The fourth-order valence-electron chi connectivity index (χ4n) is 2.00. The third-order valence-corrected chi connectivity index (χ3v) is 3.08. The predicted molar refractivity (Wildman–Crippen MR) is 75.9 cm³/mol. The zero-order chi connectivity index (χ0) is 13.4. The van der Waals surface area contributed by atoms with E-state index in [0.29, 0.717) is 11.8 Å². The van der Waals surface area contributed by atoms with E-state index in [4.69, 9.17) is 4.42 Å². The van der Waals surface area contributed by atoms with Crippen LogP contribution in [-0.2, 0) is 6.42 Å². The second-order valence-corrected chi connectivity index (χ2v) is 5.55. The van der Waals surface area contributed by atoms with E-state index in [9.17, 15) is 0 Å². The smallest absolute Gasteiger partial charge is 0.194 e. The number of rotatable bonds is 9. The van der Waals surface area contributed by atoms with Crippen molar-refractivity contribution in [3.05, 3.63) is 17.8 Å². The zero-order valence-corrected chi connectivity index (χ0v) is 12.3. The number of hydrogen-bond donors (Lipinski definition) is 1. The minimum atomic E-state index is 0.496. The van der Waals surface area contributed by atoms with Gasteiger partial charge in [0.1, 0.15) is 5.76 Å². The van der Waals surface area contributed by atoms with Crippen LogP contribution in [0.15, 0.2) is 10.6 Å². The van der Waals surface area contributed by atoms with Crippen molar-refractivity contribution in [1.29, 1.82) is 0 Å². The summed E-state index contributed by atoms with van der Waals surface area (Å²) in [6.45, 7) is 11.0. The molecule has 0 aliphatic heterocycles. The molecule has 0 bridgehead atoms. The van der Waals surface area contributed by atoms with Gasteiger partial charge >= 0.3 is 0 Å². The van der Waals surface area contributed by atoms with Gasteiger partial charge in [-0.05, 0) is 31.8 Å². The molecule has 1 N–H and O–H groups in total. The van der Waals surface area contributed by atoms with Crippen molar-refractivity contribution in [3.63, 3.8) is 0 Å². The maximum Gasteiger partial charge on any atom is 0.194 e. The quantitative estimate of drug-likeness (QED) is 0.680. The average Bonchev–Trinajstić information content (AvgIpc) is 2.77. The molecule has 3 heteroatoms. The number of nitrogens with one attached hydrogen (secondary N) is 1. The van der Waals surface area contributed by atoms with Gasteiger partial charge in [-0.15, -0.1) is 0 Å². The molecule has 0 aromatic carbocycles. The summed E-state index contributed by atoms with van der Waals surface area (Å²) >= 11 is 0. The van der Waals surface area contributed by atoms with Crippen molar-refractivity contribution >= 4 is 0 Å². The molecule has 0 radical (unpaired) electrons. The molecule has 0 saturated heterocycles. The van der Waals surface area contributed by atoms with Crippen molar-refractivity contribution in [2.24, 2.45) is 5.92 Å². The van der Waals surface area contributed by atoms with E-state index in [0.717, 1.165) is 37.6 Å². The van der Waals surface area contributed by atoms with Gasteiger partial charge in [0.2, 0.25) is 0 Å². The molecular formula is C15H28N2O. The zero-order valence-electron chi connectivity index (χ0n) is 12.3. The minimum absolute atomic E-state index is 0.496. The Kier molecular flexibility index (Phi) is 7.02. The molecule has 18 heavy (non-hydrogen) atoms. The summed E-state index contributed by atoms with van der Waals surface area (Å²) in [4.78, 5) is 4.36. The molecule has 0 aliphatic carbocycles. The van der Waals surface area contributed by atoms with E-state index < -0.39 is 0 Å². The lowest BCUT2D eigenvalue weighted by atomic mass is 10.0. The van der Waals surface area contributed by atoms with E-state index in [1.54, 1.807) is 0 Å². The van der Waals surface area contributed by atoms with Gasteiger partial charge in [0.25, 0.3) is 0 Å². The van der Waals surface area contributed by atoms with E-state index in [-0.39, 0.29) is 0 Å². The summed E-state index contributed by atoms with van der Waals surface area (Å²) in [6.07, 6.45) is 6.29. The van der Waals surface area contributed by atoms with E-state index in [2.05, 4.69) is 38.0 Å². The first-order valence-corrected chi connectivity index (χ1v) is 7.28. The van der Waals surface area contributed by atoms with Crippen molar-refractivity contribution < 1.29 is 4.42 Å². The average molecular weight is 252 g/mol. The van der Waals surface area contributed by atoms with Gasteiger partial charge in [0, 0.05) is 12.3 Å². The molecule has 1 heterocycles. The molecule has 3 nitrogen and oxygen atoms in total. The van der Waals surface area contributed by atoms with Gasteiger partial charge in [0.15, 0.2) is 5.89 Å². The maximum absolute atomic E-state index is 5.79. The van der Waals surface area contributed by atoms with Gasteiger partial charge in [-0.2, -0.15) is 0 Å². The van der Waals surface area contributed by atoms with E-state index >= 15 is 0 Å². The number of hydrogen-bond acceptors (Lipinski definition) is 3. The fourth-order valence-corrected chi connectivity index (χ4v) is 2.00. The number of oxazole rings is 1. The molecule has 0 saturated carbocycles. The number of nitrogens with zero attached hydrogens (tertiary/aromatic N) is 1. The first-order chi connectivity index (χ1) is 8.63. The summed E-state index contributed by atoms with van der Waals surface area (Å²) < 4.78 is 5.79. The van der Waals surface area contributed by atoms with Gasteiger partial charge in [-0.1, -0.05) is 34.1 Å². The van der Waals surface area contributed by atoms with Gasteiger partial charge in [-0.25, -0.2) is 4.98 Å². The molecule has 1 aromatic heterocycles. The Hall–Kier alpha value is -0.830. The third kappa shape index (κ3) is 5.67. The lowest BCUT2D eigenvalue weighted by Gasteiger charge is -2.06. The molecule has 1 aromatic rings. The van der Waals surface area contributed by atoms with Crippen molar-refractivity contribution in [1.82, 2.24) is 10.3 Å². The second kappa shape index (κ2) is 8.30. The lowest BCUT2D eigenvalue weighted by molar-refractivity contribution is 0.415. The summed E-state index contributed by atoms with van der Waals surface area (Å²) in [5.41, 5.74) is 0. The van der Waals surface area contributed by atoms with Crippen LogP contribution in [-0.4, -0.2) is 18.1 Å². The van der Waals surface area contributed by atoms with Crippen LogP contribution in [0.3, 0.4) is 0 Å². The fraction of sp³-hybridized carbons (Fsp3) is 0.800. The monoisotopic (exact) mass is 252 g/mol. The Morgan fingerprint density at radius 2 is 2.11 bits per heavy atom. The van der Waals surface area contributed by atoms with Crippen molar-refractivity contribution in [3.8, 4) is 0 Å². The molecule has 1 unspecified atom stereocenters. The SMILES string of the molecule is CCCC(C)c1cnc(CCCNCC(C)C)o1. The largest absolute Gasteiger partial charge is 0.445 e. The van der Waals surface area contributed by atoms with Gasteiger partial charge in [0.05, 0.1) is 6.20 Å². The molecule has 0 aliphatic rings. The molecule has 1 atom stereocenters. The maximum atomic E-state index is 5.79. The first kappa shape index (κ1) is 15.2. The standard InChI is InChI=1S/C15H28N2O/c1-5-7-13(4)14-11-17-15(18-14)8-6-9-16-10-12(2)3/h11-13,16H,5-10H2,1-4H3. The lowest BCUT2D eigenvalue weighted by Crippen LogP contribution is -2.21. The van der Waals surface area contributed by atoms with Crippen LogP contribution in [0.5, 0.6) is 0 Å². The highest BCUT2D eigenvalue weighted by atomic mass is 16.4. The van der Waals surface area contributed by atoms with Crippen LogP contribution in [0, 0.1) is 5.92 Å². The highest BCUT2D eigenvalue weighted by Gasteiger charge is 2.10. The van der Waals surface area contributed by atoms with Crippen LogP contribution < -0.4 is 5.32 Å². The molecule has 0 spiro atoms. The highest BCUT2D eigenvalue weighted by Crippen LogP contribution is 2.21. The van der Waals surface area contributed by atoms with Gasteiger partial charge < -0.3 is 9.73 Å². The van der Waals surface area contributed by atoms with E-state index in [1.807, 2.05) is 6.20 Å². The molecule has 104 valence electrons. The third-order valence-electron chi connectivity index (χ3n) is 3.08. The Bertz CT molecular complexity index is 320. The summed E-state index contributed by atoms with van der Waals surface area (Å²) in [7, 11) is 0. The summed E-state index contributed by atoms with van der Waals surface area (Å²) in [5, 5.41) is 3.44. The van der Waals surface area contributed by atoms with Crippen molar-refractivity contribution in [2.45, 2.75) is 59.3 Å². The van der Waals surface area contributed by atoms with Crippen LogP contribution in [0.1, 0.15) is 64.5 Å². The highest BCUT2D eigenvalue weighted by molar-refractivity contribution is 5.00. The van der Waals surface area contributed by atoms with Gasteiger partial charge in [-0.3, -0.25) is 0 Å². The second-order valence-electron chi connectivity index (χ2n) is 5.55. The normalized spacial score (nSPS) is 13.2. The number of aromatic nitrogens is 1.